The third-order valence-electron chi connectivity index (χ3n) is 7.26. The number of sulfone groups is 1. The molecule has 10 nitrogen and oxygen atoms in total. The summed E-state index contributed by atoms with van der Waals surface area (Å²) in [7, 11) is -1.27. The van der Waals surface area contributed by atoms with Gasteiger partial charge in [0.25, 0.3) is 5.91 Å². The molecular weight excluding hydrogens is 587 g/mol. The van der Waals surface area contributed by atoms with Crippen molar-refractivity contribution >= 4 is 42.4 Å². The van der Waals surface area contributed by atoms with Gasteiger partial charge in [-0.3, -0.25) is 15.0 Å². The highest BCUT2D eigenvalue weighted by Gasteiger charge is 2.25. The number of hydrogen-bond donors (Lipinski definition) is 1. The van der Waals surface area contributed by atoms with Gasteiger partial charge in [0.15, 0.2) is 15.0 Å². The van der Waals surface area contributed by atoms with Crippen molar-refractivity contribution in [3.05, 3.63) is 77.9 Å². The second kappa shape index (κ2) is 13.5. The Labute approximate surface area is 255 Å². The largest absolute Gasteiger partial charge is 0.492 e. The van der Waals surface area contributed by atoms with E-state index in [0.717, 1.165) is 48.7 Å². The molecule has 2 heterocycles. The van der Waals surface area contributed by atoms with Crippen molar-refractivity contribution in [3.63, 3.8) is 0 Å². The molecule has 1 aliphatic heterocycles. The Hall–Kier alpha value is -4.02. The lowest BCUT2D eigenvalue weighted by atomic mass is 10.1. The first kappa shape index (κ1) is 30.4. The summed E-state index contributed by atoms with van der Waals surface area (Å²) in [6, 6.07) is 20.2. The lowest BCUT2D eigenvalue weighted by Gasteiger charge is -2.32. The van der Waals surface area contributed by atoms with Gasteiger partial charge in [0.1, 0.15) is 18.1 Å². The van der Waals surface area contributed by atoms with E-state index in [2.05, 4.69) is 33.2 Å². The maximum Gasteiger partial charge on any atom is 0.271 e. The average Bonchev–Trinajstić information content (AvgIpc) is 3.42. The normalized spacial score (nSPS) is 15.1. The number of carbonyl (C=O) groups is 1. The predicted octanol–water partition coefficient (Wildman–Crippen LogP) is 4.35. The molecule has 0 bridgehead atoms. The van der Waals surface area contributed by atoms with E-state index in [1.807, 2.05) is 18.2 Å². The SMILES string of the molecule is CCS(=O)(=O)c1ccc(C(Oc2ccc(C#N)cc2)C(=O)Nc2nc3ccc(OCCN4CCN(C)CC4)cc3s2)cc1. The molecular formula is C31H33N5O5S2. The van der Waals surface area contributed by atoms with Crippen molar-refractivity contribution in [2.24, 2.45) is 0 Å². The van der Waals surface area contributed by atoms with Gasteiger partial charge in [0.2, 0.25) is 6.10 Å². The first-order valence-electron chi connectivity index (χ1n) is 14.0. The number of fused-ring (bicyclic) bond motifs is 1. The van der Waals surface area contributed by atoms with Crippen LogP contribution in [0.5, 0.6) is 11.5 Å². The van der Waals surface area contributed by atoms with E-state index in [-0.39, 0.29) is 10.6 Å². The Morgan fingerprint density at radius 2 is 1.74 bits per heavy atom. The smallest absolute Gasteiger partial charge is 0.271 e. The molecule has 1 unspecified atom stereocenters. The second-order valence-corrected chi connectivity index (χ2v) is 13.5. The van der Waals surface area contributed by atoms with E-state index in [1.54, 1.807) is 43.3 Å². The minimum absolute atomic E-state index is 0.0291. The molecule has 0 spiro atoms. The molecule has 0 radical (unpaired) electrons. The predicted molar refractivity (Wildman–Crippen MR) is 166 cm³/mol. The maximum absolute atomic E-state index is 13.6. The molecule has 1 N–H and O–H groups in total. The van der Waals surface area contributed by atoms with Crippen LogP contribution in [0.15, 0.2) is 71.6 Å². The van der Waals surface area contributed by atoms with E-state index < -0.39 is 21.8 Å². The van der Waals surface area contributed by atoms with Crippen LogP contribution in [-0.4, -0.2) is 81.2 Å². The highest BCUT2D eigenvalue weighted by atomic mass is 32.2. The molecule has 0 saturated carbocycles. The summed E-state index contributed by atoms with van der Waals surface area (Å²) in [4.78, 5) is 23.0. The van der Waals surface area contributed by atoms with Crippen LogP contribution in [0.4, 0.5) is 5.13 Å². The number of anilines is 1. The lowest BCUT2D eigenvalue weighted by molar-refractivity contribution is -0.123. The highest BCUT2D eigenvalue weighted by Crippen LogP contribution is 2.31. The summed E-state index contributed by atoms with van der Waals surface area (Å²) >= 11 is 1.32. The van der Waals surface area contributed by atoms with E-state index in [1.165, 1.54) is 23.5 Å². The number of thiazole rings is 1. The summed E-state index contributed by atoms with van der Waals surface area (Å²) in [5.41, 5.74) is 1.65. The molecule has 12 heteroatoms. The van der Waals surface area contributed by atoms with Crippen LogP contribution in [0.3, 0.4) is 0 Å². The van der Waals surface area contributed by atoms with Crippen molar-refractivity contribution in [2.45, 2.75) is 17.9 Å². The van der Waals surface area contributed by atoms with Gasteiger partial charge < -0.3 is 14.4 Å². The zero-order valence-electron chi connectivity index (χ0n) is 24.0. The number of nitrogens with one attached hydrogen (secondary N) is 1. The Balaban J connectivity index is 1.30. The van der Waals surface area contributed by atoms with Gasteiger partial charge in [-0.2, -0.15) is 5.26 Å². The number of aromatic nitrogens is 1. The molecule has 1 amide bonds. The standard InChI is InChI=1S/C31H33N5O5S2/c1-3-43(38,39)26-11-6-23(7-12-26)29(41-24-8-4-22(21-32)5-9-24)30(37)34-31-33-27-13-10-25(20-28(27)42-31)40-19-18-36-16-14-35(2)15-17-36/h4-13,20,29H,3,14-19H2,1-2H3,(H,33,34,37). The third kappa shape index (κ3) is 7.69. The van der Waals surface area contributed by atoms with Gasteiger partial charge >= 0.3 is 0 Å². The lowest BCUT2D eigenvalue weighted by Crippen LogP contribution is -2.45. The highest BCUT2D eigenvalue weighted by molar-refractivity contribution is 7.91. The number of benzene rings is 3. The van der Waals surface area contributed by atoms with E-state index >= 15 is 0 Å². The Morgan fingerprint density at radius 1 is 1.05 bits per heavy atom. The average molecular weight is 620 g/mol. The van der Waals surface area contributed by atoms with Crippen molar-refractivity contribution in [3.8, 4) is 17.6 Å². The molecule has 0 aliphatic carbocycles. The first-order valence-corrected chi connectivity index (χ1v) is 16.5. The number of nitrogens with zero attached hydrogens (tertiary/aromatic N) is 4. The van der Waals surface area contributed by atoms with Crippen molar-refractivity contribution < 1.29 is 22.7 Å². The first-order chi connectivity index (χ1) is 20.7. The van der Waals surface area contributed by atoms with Gasteiger partial charge in [0.05, 0.1) is 32.5 Å². The zero-order valence-corrected chi connectivity index (χ0v) is 25.7. The van der Waals surface area contributed by atoms with Crippen LogP contribution in [0.25, 0.3) is 10.2 Å². The van der Waals surface area contributed by atoms with Crippen LogP contribution < -0.4 is 14.8 Å². The fourth-order valence-electron chi connectivity index (χ4n) is 4.62. The number of likely N-dealkylation sites (N-methyl/N-ethyl adjacent to an activating group) is 1. The third-order valence-corrected chi connectivity index (χ3v) is 9.94. The van der Waals surface area contributed by atoms with E-state index in [0.29, 0.717) is 28.6 Å². The van der Waals surface area contributed by atoms with Gasteiger partial charge in [0, 0.05) is 38.3 Å². The van der Waals surface area contributed by atoms with Crippen LogP contribution in [0.1, 0.15) is 24.2 Å². The summed E-state index contributed by atoms with van der Waals surface area (Å²) < 4.78 is 37.5. The van der Waals surface area contributed by atoms with Crippen LogP contribution >= 0.6 is 11.3 Å². The van der Waals surface area contributed by atoms with Gasteiger partial charge in [-0.25, -0.2) is 13.4 Å². The quantitative estimate of drug-likeness (QED) is 0.261. The molecule has 1 aliphatic rings. The molecule has 4 aromatic rings. The van der Waals surface area contributed by atoms with Crippen molar-refractivity contribution in [1.82, 2.24) is 14.8 Å². The minimum atomic E-state index is -3.40. The molecule has 5 rings (SSSR count). The zero-order chi connectivity index (χ0) is 30.4. The molecule has 1 saturated heterocycles. The van der Waals surface area contributed by atoms with Crippen molar-refractivity contribution in [1.29, 1.82) is 5.26 Å². The topological polar surface area (TPSA) is 125 Å². The van der Waals surface area contributed by atoms with E-state index in [9.17, 15) is 13.2 Å². The summed E-state index contributed by atoms with van der Waals surface area (Å²) in [5.74, 6) is 0.621. The Morgan fingerprint density at radius 3 is 2.42 bits per heavy atom. The summed E-state index contributed by atoms with van der Waals surface area (Å²) in [6.07, 6.45) is -1.10. The fourth-order valence-corrected chi connectivity index (χ4v) is 6.40. The van der Waals surface area contributed by atoms with Gasteiger partial charge in [-0.15, -0.1) is 0 Å². The van der Waals surface area contributed by atoms with Crippen molar-refractivity contribution in [2.75, 3.05) is 57.4 Å². The van der Waals surface area contributed by atoms with Crippen LogP contribution in [0.2, 0.25) is 0 Å². The molecule has 1 atom stereocenters. The van der Waals surface area contributed by atoms with Gasteiger partial charge in [-0.1, -0.05) is 30.4 Å². The number of amides is 1. The minimum Gasteiger partial charge on any atom is -0.492 e. The molecule has 224 valence electrons. The number of hydrogen-bond acceptors (Lipinski definition) is 10. The Kier molecular flexibility index (Phi) is 9.57. The van der Waals surface area contributed by atoms with E-state index in [4.69, 9.17) is 14.7 Å². The molecule has 1 aromatic heterocycles. The second-order valence-electron chi connectivity index (χ2n) is 10.2. The number of nitriles is 1. The number of piperazine rings is 1. The molecule has 1 fully saturated rings. The number of ether oxygens (including phenoxy) is 2. The maximum atomic E-state index is 13.6. The molecule has 43 heavy (non-hydrogen) atoms. The van der Waals surface area contributed by atoms with Gasteiger partial charge in [-0.05, 0) is 61.6 Å². The van der Waals surface area contributed by atoms with Crippen LogP contribution in [-0.2, 0) is 14.6 Å². The molecule has 3 aromatic carbocycles. The Bertz CT molecular complexity index is 1710. The fraction of sp³-hybridized carbons (Fsp3) is 0.323. The number of carbonyl (C=O) groups excluding carboxylic acids is 1. The monoisotopic (exact) mass is 619 g/mol. The summed E-state index contributed by atoms with van der Waals surface area (Å²) in [5, 5.41) is 12.4. The summed E-state index contributed by atoms with van der Waals surface area (Å²) in [6.45, 7) is 7.23. The number of rotatable bonds is 11. The van der Waals surface area contributed by atoms with Crippen LogP contribution in [0, 0.1) is 11.3 Å².